The van der Waals surface area contributed by atoms with Gasteiger partial charge in [-0.3, -0.25) is 10.1 Å². The average molecular weight is 322 g/mol. The van der Waals surface area contributed by atoms with Crippen LogP contribution in [0, 0.1) is 24.0 Å². The molecule has 0 amide bonds. The van der Waals surface area contributed by atoms with Crippen LogP contribution in [-0.4, -0.2) is 16.8 Å². The van der Waals surface area contributed by atoms with E-state index in [-0.39, 0.29) is 17.3 Å². The first-order valence-electron chi connectivity index (χ1n) is 7.29. The van der Waals surface area contributed by atoms with E-state index in [0.717, 1.165) is 16.7 Å². The Balaban J connectivity index is 1.94. The molecular formula is C18H14N2O4. The van der Waals surface area contributed by atoms with Gasteiger partial charge in [-0.1, -0.05) is 23.8 Å². The van der Waals surface area contributed by atoms with Crippen LogP contribution in [0.2, 0.25) is 0 Å². The first-order chi connectivity index (χ1) is 11.4. The van der Waals surface area contributed by atoms with Crippen molar-refractivity contribution in [1.29, 1.82) is 0 Å². The quantitative estimate of drug-likeness (QED) is 0.374. The molecule has 0 unspecified atom stereocenters. The normalized spacial score (nSPS) is 15.3. The van der Waals surface area contributed by atoms with E-state index in [1.165, 1.54) is 24.3 Å². The highest BCUT2D eigenvalue weighted by Gasteiger charge is 2.24. The van der Waals surface area contributed by atoms with Gasteiger partial charge in [0, 0.05) is 17.7 Å². The van der Waals surface area contributed by atoms with Crippen molar-refractivity contribution >= 4 is 23.6 Å². The Bertz CT molecular complexity index is 896. The molecule has 24 heavy (non-hydrogen) atoms. The smallest absolute Gasteiger partial charge is 0.363 e. The van der Waals surface area contributed by atoms with Crippen molar-refractivity contribution < 1.29 is 14.5 Å². The number of nitro benzene ring substituents is 1. The molecule has 6 nitrogen and oxygen atoms in total. The summed E-state index contributed by atoms with van der Waals surface area (Å²) in [5, 5.41) is 10.7. The molecule has 2 aromatic rings. The number of hydrogen-bond acceptors (Lipinski definition) is 5. The molecule has 3 rings (SSSR count). The Hall–Kier alpha value is -3.28. The third-order valence-electron chi connectivity index (χ3n) is 3.67. The number of nitro groups is 1. The highest BCUT2D eigenvalue weighted by molar-refractivity contribution is 6.12. The number of hydrogen-bond donors (Lipinski definition) is 0. The molecular weight excluding hydrogens is 308 g/mol. The molecule has 0 radical (unpaired) electrons. The zero-order valence-corrected chi connectivity index (χ0v) is 13.1. The number of non-ortho nitro benzene ring substituents is 1. The fraction of sp³-hybridized carbons (Fsp3) is 0.111. The summed E-state index contributed by atoms with van der Waals surface area (Å²) in [4.78, 5) is 26.4. The van der Waals surface area contributed by atoms with E-state index in [9.17, 15) is 14.9 Å². The van der Waals surface area contributed by atoms with E-state index in [1.807, 2.05) is 32.0 Å². The number of carbonyl (C=O) groups excluding carboxylic acids is 1. The Kier molecular flexibility index (Phi) is 3.95. The van der Waals surface area contributed by atoms with Crippen molar-refractivity contribution in [3.63, 3.8) is 0 Å². The first kappa shape index (κ1) is 15.6. The summed E-state index contributed by atoms with van der Waals surface area (Å²) in [6.07, 6.45) is 1.68. The molecule has 6 heteroatoms. The second-order valence-electron chi connectivity index (χ2n) is 5.50. The molecule has 0 fully saturated rings. The summed E-state index contributed by atoms with van der Waals surface area (Å²) in [5.74, 6) is -0.393. The monoisotopic (exact) mass is 322 g/mol. The molecule has 0 atom stereocenters. The largest absolute Gasteiger partial charge is 0.402 e. The van der Waals surface area contributed by atoms with Gasteiger partial charge >= 0.3 is 5.97 Å². The molecule has 0 aromatic heterocycles. The molecule has 0 aliphatic carbocycles. The number of aryl methyl sites for hydroxylation is 2. The molecule has 1 aliphatic heterocycles. The number of carbonyl (C=O) groups is 1. The molecule has 0 N–H and O–H groups in total. The van der Waals surface area contributed by atoms with Crippen LogP contribution in [0.1, 0.15) is 22.3 Å². The number of benzene rings is 2. The maximum atomic E-state index is 12.0. The van der Waals surface area contributed by atoms with Gasteiger partial charge in [0.2, 0.25) is 5.90 Å². The van der Waals surface area contributed by atoms with Crippen molar-refractivity contribution in [2.24, 2.45) is 4.99 Å². The van der Waals surface area contributed by atoms with E-state index >= 15 is 0 Å². The highest BCUT2D eigenvalue weighted by atomic mass is 16.6. The maximum absolute atomic E-state index is 12.0. The van der Waals surface area contributed by atoms with E-state index in [1.54, 1.807) is 6.08 Å². The molecule has 0 bridgehead atoms. The zero-order valence-electron chi connectivity index (χ0n) is 13.1. The van der Waals surface area contributed by atoms with Gasteiger partial charge in [0.1, 0.15) is 0 Å². The van der Waals surface area contributed by atoms with Crippen LogP contribution in [0.25, 0.3) is 6.08 Å². The summed E-state index contributed by atoms with van der Waals surface area (Å²) in [7, 11) is 0. The number of aliphatic imine (C=N–C) groups is 1. The van der Waals surface area contributed by atoms with E-state index in [2.05, 4.69) is 4.99 Å². The minimum absolute atomic E-state index is 0.0326. The summed E-state index contributed by atoms with van der Waals surface area (Å²) >= 11 is 0. The Morgan fingerprint density at radius 2 is 1.83 bits per heavy atom. The van der Waals surface area contributed by atoms with Crippen LogP contribution in [0.3, 0.4) is 0 Å². The highest BCUT2D eigenvalue weighted by Crippen LogP contribution is 2.22. The molecule has 2 aromatic carbocycles. The number of nitrogens with zero attached hydrogens (tertiary/aromatic N) is 2. The average Bonchev–Trinajstić information content (AvgIpc) is 2.92. The summed E-state index contributed by atoms with van der Waals surface area (Å²) in [6, 6.07) is 11.6. The number of esters is 1. The SMILES string of the molecule is Cc1ccc(C)c(/C=C2/N=C(c3ccc([N+](=O)[O-])cc3)OC2=O)c1. The van der Waals surface area contributed by atoms with Gasteiger partial charge in [-0.15, -0.1) is 0 Å². The van der Waals surface area contributed by atoms with Gasteiger partial charge in [0.25, 0.3) is 5.69 Å². The number of cyclic esters (lactones) is 1. The zero-order chi connectivity index (χ0) is 17.3. The van der Waals surface area contributed by atoms with Crippen molar-refractivity contribution in [1.82, 2.24) is 0 Å². The van der Waals surface area contributed by atoms with Gasteiger partial charge < -0.3 is 4.74 Å². The molecule has 0 spiro atoms. The molecule has 1 aliphatic rings. The lowest BCUT2D eigenvalue weighted by Crippen LogP contribution is -2.05. The maximum Gasteiger partial charge on any atom is 0.363 e. The molecule has 1 heterocycles. The summed E-state index contributed by atoms with van der Waals surface area (Å²) in [6.45, 7) is 3.92. The van der Waals surface area contributed by atoms with Crippen LogP contribution >= 0.6 is 0 Å². The fourth-order valence-electron chi connectivity index (χ4n) is 2.32. The van der Waals surface area contributed by atoms with Crippen molar-refractivity contribution in [2.45, 2.75) is 13.8 Å². The van der Waals surface area contributed by atoms with Crippen molar-refractivity contribution in [2.75, 3.05) is 0 Å². The minimum atomic E-state index is -0.538. The van der Waals surface area contributed by atoms with E-state index in [0.29, 0.717) is 5.56 Å². The third-order valence-corrected chi connectivity index (χ3v) is 3.67. The van der Waals surface area contributed by atoms with E-state index < -0.39 is 10.9 Å². The second kappa shape index (κ2) is 6.08. The van der Waals surface area contributed by atoms with Crippen LogP contribution < -0.4 is 0 Å². The number of rotatable bonds is 3. The van der Waals surface area contributed by atoms with Crippen LogP contribution in [0.4, 0.5) is 5.69 Å². The van der Waals surface area contributed by atoms with Crippen LogP contribution in [0.5, 0.6) is 0 Å². The third kappa shape index (κ3) is 3.08. The van der Waals surface area contributed by atoms with Crippen LogP contribution in [-0.2, 0) is 9.53 Å². The second-order valence-corrected chi connectivity index (χ2v) is 5.50. The molecule has 0 saturated heterocycles. The Labute approximate surface area is 138 Å². The number of ether oxygens (including phenoxy) is 1. The summed E-state index contributed by atoms with van der Waals surface area (Å²) < 4.78 is 5.18. The standard InChI is InChI=1S/C18H14N2O4/c1-11-3-4-12(2)14(9-11)10-16-18(21)24-17(19-16)13-5-7-15(8-6-13)20(22)23/h3-10H,1-2H3/b16-10+. The van der Waals surface area contributed by atoms with Crippen molar-refractivity contribution in [3.05, 3.63) is 80.5 Å². The Morgan fingerprint density at radius 3 is 2.50 bits per heavy atom. The lowest BCUT2D eigenvalue weighted by Gasteiger charge is -2.01. The lowest BCUT2D eigenvalue weighted by molar-refractivity contribution is -0.384. The summed E-state index contributed by atoms with van der Waals surface area (Å²) in [5.41, 5.74) is 3.69. The first-order valence-corrected chi connectivity index (χ1v) is 7.29. The lowest BCUT2D eigenvalue weighted by atomic mass is 10.0. The fourth-order valence-corrected chi connectivity index (χ4v) is 2.32. The topological polar surface area (TPSA) is 81.8 Å². The van der Waals surface area contributed by atoms with Gasteiger partial charge in [0.05, 0.1) is 4.92 Å². The van der Waals surface area contributed by atoms with Gasteiger partial charge in [-0.05, 0) is 43.2 Å². The van der Waals surface area contributed by atoms with Gasteiger partial charge in [-0.25, -0.2) is 9.79 Å². The Morgan fingerprint density at radius 1 is 1.12 bits per heavy atom. The minimum Gasteiger partial charge on any atom is -0.402 e. The predicted molar refractivity (Wildman–Crippen MR) is 89.6 cm³/mol. The van der Waals surface area contributed by atoms with E-state index in [4.69, 9.17) is 4.74 Å². The van der Waals surface area contributed by atoms with Crippen molar-refractivity contribution in [3.8, 4) is 0 Å². The van der Waals surface area contributed by atoms with Gasteiger partial charge in [0.15, 0.2) is 5.70 Å². The predicted octanol–water partition coefficient (Wildman–Crippen LogP) is 3.56. The molecule has 0 saturated carbocycles. The van der Waals surface area contributed by atoms with Crippen LogP contribution in [0.15, 0.2) is 53.2 Å². The molecule has 120 valence electrons. The van der Waals surface area contributed by atoms with Gasteiger partial charge in [-0.2, -0.15) is 0 Å².